The van der Waals surface area contributed by atoms with Crippen LogP contribution in [0.1, 0.15) is 11.1 Å². The van der Waals surface area contributed by atoms with E-state index >= 15 is 0 Å². The largest absolute Gasteiger partial charge is 0.416 e. The number of carbonyl (C=O) groups excluding carboxylic acids is 1. The van der Waals surface area contributed by atoms with E-state index < -0.39 is 22.4 Å². The van der Waals surface area contributed by atoms with Crippen molar-refractivity contribution in [2.75, 3.05) is 0 Å². The maximum atomic E-state index is 12.4. The van der Waals surface area contributed by atoms with E-state index in [2.05, 4.69) is 4.99 Å². The minimum absolute atomic E-state index is 0.0742. The van der Waals surface area contributed by atoms with Crippen LogP contribution in [0.3, 0.4) is 0 Å². The molecular weight excluding hydrogens is 241 g/mol. The number of halogens is 3. The molecule has 0 aromatic heterocycles. The number of nitro groups is 1. The smallest absolute Gasteiger partial charge is 0.258 e. The zero-order valence-electron chi connectivity index (χ0n) is 8.19. The van der Waals surface area contributed by atoms with Crippen LogP contribution in [0.5, 0.6) is 0 Å². The predicted molar refractivity (Wildman–Crippen MR) is 49.9 cm³/mol. The fourth-order valence-electron chi connectivity index (χ4n) is 1.16. The van der Waals surface area contributed by atoms with Crippen molar-refractivity contribution in [1.82, 2.24) is 0 Å². The molecule has 0 atom stereocenters. The predicted octanol–water partition coefficient (Wildman–Crippen LogP) is 2.45. The van der Waals surface area contributed by atoms with Crippen LogP contribution in [0, 0.1) is 10.1 Å². The Hall–Kier alpha value is -2.21. The highest BCUT2D eigenvalue weighted by Gasteiger charge is 2.32. The zero-order chi connectivity index (χ0) is 13.1. The van der Waals surface area contributed by atoms with E-state index in [0.29, 0.717) is 12.1 Å². The molecule has 0 bridgehead atoms. The van der Waals surface area contributed by atoms with Crippen LogP contribution in [0.4, 0.5) is 18.9 Å². The molecule has 1 aromatic carbocycles. The molecule has 0 unspecified atom stereocenters. The fourth-order valence-corrected chi connectivity index (χ4v) is 1.16. The van der Waals surface area contributed by atoms with Crippen molar-refractivity contribution in [3.63, 3.8) is 0 Å². The fraction of sp³-hybridized carbons (Fsp3) is 0.222. The molecule has 1 aromatic rings. The monoisotopic (exact) mass is 246 g/mol. The van der Waals surface area contributed by atoms with E-state index in [9.17, 15) is 28.1 Å². The standard InChI is InChI=1S/C9H5F3N2O3/c10-9(11,12)7-1-6(4-13-5-15)2-8(3-7)14(16)17/h1-3H,4H2. The van der Waals surface area contributed by atoms with Crippen LogP contribution in [0.2, 0.25) is 0 Å². The van der Waals surface area contributed by atoms with Gasteiger partial charge in [-0.2, -0.15) is 13.2 Å². The normalized spacial score (nSPS) is 10.8. The first-order valence-electron chi connectivity index (χ1n) is 4.24. The summed E-state index contributed by atoms with van der Waals surface area (Å²) in [5.41, 5.74) is -1.92. The number of nitrogens with zero attached hydrogens (tertiary/aromatic N) is 2. The molecule has 17 heavy (non-hydrogen) atoms. The van der Waals surface area contributed by atoms with Crippen LogP contribution in [-0.2, 0) is 17.5 Å². The van der Waals surface area contributed by atoms with Gasteiger partial charge in [0, 0.05) is 12.1 Å². The van der Waals surface area contributed by atoms with E-state index in [1.807, 2.05) is 0 Å². The minimum Gasteiger partial charge on any atom is -0.258 e. The summed E-state index contributed by atoms with van der Waals surface area (Å²) >= 11 is 0. The highest BCUT2D eigenvalue weighted by Crippen LogP contribution is 2.32. The Balaban J connectivity index is 3.28. The van der Waals surface area contributed by atoms with Crippen LogP contribution in [0.15, 0.2) is 23.2 Å². The van der Waals surface area contributed by atoms with E-state index in [-0.39, 0.29) is 12.1 Å². The third-order valence-electron chi connectivity index (χ3n) is 1.84. The maximum Gasteiger partial charge on any atom is 0.416 e. The lowest BCUT2D eigenvalue weighted by Gasteiger charge is -2.07. The molecule has 0 heterocycles. The average molecular weight is 246 g/mol. The number of nitro benzene ring substituents is 1. The highest BCUT2D eigenvalue weighted by molar-refractivity contribution is 5.41. The van der Waals surface area contributed by atoms with E-state index in [4.69, 9.17) is 0 Å². The molecule has 5 nitrogen and oxygen atoms in total. The van der Waals surface area contributed by atoms with Crippen molar-refractivity contribution in [2.45, 2.75) is 12.7 Å². The molecule has 0 radical (unpaired) electrons. The van der Waals surface area contributed by atoms with Gasteiger partial charge in [-0.1, -0.05) is 0 Å². The Bertz CT molecular complexity index is 493. The van der Waals surface area contributed by atoms with Crippen molar-refractivity contribution >= 4 is 11.8 Å². The Morgan fingerprint density at radius 2 is 2.00 bits per heavy atom. The molecule has 0 fully saturated rings. The molecule has 90 valence electrons. The number of benzene rings is 1. The van der Waals surface area contributed by atoms with Crippen molar-refractivity contribution in [1.29, 1.82) is 0 Å². The summed E-state index contributed by atoms with van der Waals surface area (Å²) in [4.78, 5) is 22.4. The number of rotatable bonds is 3. The molecule has 0 aliphatic carbocycles. The van der Waals surface area contributed by atoms with Gasteiger partial charge < -0.3 is 0 Å². The summed E-state index contributed by atoms with van der Waals surface area (Å²) in [6, 6.07) is 2.05. The quantitative estimate of drug-likeness (QED) is 0.356. The topological polar surface area (TPSA) is 72.6 Å². The first-order valence-corrected chi connectivity index (χ1v) is 4.24. The summed E-state index contributed by atoms with van der Waals surface area (Å²) in [6.45, 7) is -0.381. The van der Waals surface area contributed by atoms with E-state index in [1.165, 1.54) is 0 Å². The average Bonchev–Trinajstić information content (AvgIpc) is 2.24. The zero-order valence-corrected chi connectivity index (χ0v) is 8.19. The molecule has 0 saturated carbocycles. The highest BCUT2D eigenvalue weighted by atomic mass is 19.4. The van der Waals surface area contributed by atoms with Gasteiger partial charge in [0.15, 0.2) is 0 Å². The molecule has 0 amide bonds. The van der Waals surface area contributed by atoms with E-state index in [0.717, 1.165) is 12.1 Å². The molecule has 0 aliphatic rings. The van der Waals surface area contributed by atoms with Gasteiger partial charge in [-0.25, -0.2) is 9.79 Å². The number of isocyanates is 1. The lowest BCUT2D eigenvalue weighted by atomic mass is 10.1. The Labute approximate surface area is 92.7 Å². The van der Waals surface area contributed by atoms with Crippen molar-refractivity contribution < 1.29 is 22.9 Å². The number of aliphatic imine (C=N–C) groups is 1. The minimum atomic E-state index is -4.69. The first-order chi connectivity index (χ1) is 7.84. The van der Waals surface area contributed by atoms with Crippen LogP contribution in [0.25, 0.3) is 0 Å². The number of hydrogen-bond acceptors (Lipinski definition) is 4. The van der Waals surface area contributed by atoms with Gasteiger partial charge in [0.25, 0.3) is 5.69 Å². The molecule has 1 rings (SSSR count). The number of alkyl halides is 3. The van der Waals surface area contributed by atoms with Gasteiger partial charge in [0.05, 0.1) is 17.0 Å². The van der Waals surface area contributed by atoms with Crippen molar-refractivity contribution in [3.8, 4) is 0 Å². The Morgan fingerprint density at radius 3 is 2.47 bits per heavy atom. The van der Waals surface area contributed by atoms with Crippen LogP contribution < -0.4 is 0 Å². The lowest BCUT2D eigenvalue weighted by molar-refractivity contribution is -0.385. The second-order valence-corrected chi connectivity index (χ2v) is 3.05. The first kappa shape index (κ1) is 12.9. The summed E-state index contributed by atoms with van der Waals surface area (Å²) in [5, 5.41) is 10.4. The second-order valence-electron chi connectivity index (χ2n) is 3.05. The molecular formula is C9H5F3N2O3. The maximum absolute atomic E-state index is 12.4. The van der Waals surface area contributed by atoms with Gasteiger partial charge in [-0.3, -0.25) is 10.1 Å². The van der Waals surface area contributed by atoms with Crippen LogP contribution >= 0.6 is 0 Å². The van der Waals surface area contributed by atoms with Crippen LogP contribution in [-0.4, -0.2) is 11.0 Å². The third kappa shape index (κ3) is 3.39. The number of hydrogen-bond donors (Lipinski definition) is 0. The Kier molecular flexibility index (Phi) is 3.59. The molecule has 0 saturated heterocycles. The SMILES string of the molecule is O=C=NCc1cc([N+](=O)[O-])cc(C(F)(F)F)c1. The summed E-state index contributed by atoms with van der Waals surface area (Å²) in [7, 11) is 0. The lowest BCUT2D eigenvalue weighted by Crippen LogP contribution is -2.06. The molecule has 0 spiro atoms. The third-order valence-corrected chi connectivity index (χ3v) is 1.84. The van der Waals surface area contributed by atoms with Crippen molar-refractivity contribution in [2.24, 2.45) is 4.99 Å². The van der Waals surface area contributed by atoms with Gasteiger partial charge in [0.1, 0.15) is 0 Å². The van der Waals surface area contributed by atoms with Gasteiger partial charge in [-0.15, -0.1) is 0 Å². The summed E-state index contributed by atoms with van der Waals surface area (Å²) < 4.78 is 37.2. The molecule has 8 heteroatoms. The van der Waals surface area contributed by atoms with Gasteiger partial charge in [-0.05, 0) is 11.6 Å². The summed E-state index contributed by atoms with van der Waals surface area (Å²) in [5.74, 6) is 0. The second kappa shape index (κ2) is 4.75. The molecule has 0 aliphatic heterocycles. The van der Waals surface area contributed by atoms with Gasteiger partial charge in [0.2, 0.25) is 6.08 Å². The Morgan fingerprint density at radius 1 is 1.35 bits per heavy atom. The molecule has 0 N–H and O–H groups in total. The van der Waals surface area contributed by atoms with Gasteiger partial charge >= 0.3 is 6.18 Å². The van der Waals surface area contributed by atoms with E-state index in [1.54, 1.807) is 0 Å². The van der Waals surface area contributed by atoms with Crippen molar-refractivity contribution in [3.05, 3.63) is 39.4 Å². The summed E-state index contributed by atoms with van der Waals surface area (Å²) in [6.07, 6.45) is -3.54. The number of non-ortho nitro benzene ring substituents is 1.